The van der Waals surface area contributed by atoms with Gasteiger partial charge in [-0.2, -0.15) is 18.3 Å². The van der Waals surface area contributed by atoms with Crippen molar-refractivity contribution in [1.29, 1.82) is 0 Å². The Hall–Kier alpha value is -3.18. The number of aromatic nitrogens is 2. The number of carbonyl (C=O) groups is 1. The van der Waals surface area contributed by atoms with Gasteiger partial charge in [0.2, 0.25) is 10.0 Å². The van der Waals surface area contributed by atoms with Gasteiger partial charge in [0.15, 0.2) is 5.69 Å². The van der Waals surface area contributed by atoms with Crippen molar-refractivity contribution < 1.29 is 26.4 Å². The van der Waals surface area contributed by atoms with Crippen molar-refractivity contribution in [3.8, 4) is 5.69 Å². The minimum absolute atomic E-state index is 0.0360. The van der Waals surface area contributed by atoms with E-state index in [9.17, 15) is 26.4 Å². The van der Waals surface area contributed by atoms with E-state index in [0.717, 1.165) is 36.4 Å². The molecule has 0 saturated heterocycles. The summed E-state index contributed by atoms with van der Waals surface area (Å²) in [7, 11) is -3.71. The number of rotatable bonds is 7. The molecule has 0 unspecified atom stereocenters. The van der Waals surface area contributed by atoms with E-state index in [2.05, 4.69) is 15.1 Å². The molecule has 0 bridgehead atoms. The van der Waals surface area contributed by atoms with E-state index in [1.165, 1.54) is 30.5 Å². The molecule has 0 aliphatic heterocycles. The van der Waals surface area contributed by atoms with Gasteiger partial charge in [-0.15, -0.1) is 0 Å². The molecule has 11 heteroatoms. The summed E-state index contributed by atoms with van der Waals surface area (Å²) < 4.78 is 67.3. The number of alkyl halides is 3. The molecule has 0 atom stereocenters. The second-order valence-electron chi connectivity index (χ2n) is 8.12. The summed E-state index contributed by atoms with van der Waals surface area (Å²) in [6, 6.07) is 13.2. The second-order valence-corrected chi connectivity index (χ2v) is 9.84. The lowest BCUT2D eigenvalue weighted by Gasteiger charge is -2.13. The SMILES string of the molecule is O=C(NCc1ccc(-n2ccc(C(F)(F)F)n2)cc1)c1cccc(S(=O)(=O)NC2CCCC2)c1. The Labute approximate surface area is 195 Å². The van der Waals surface area contributed by atoms with Crippen LogP contribution in [0, 0.1) is 0 Å². The number of halogens is 3. The summed E-state index contributed by atoms with van der Waals surface area (Å²) in [5.41, 5.74) is 0.388. The lowest BCUT2D eigenvalue weighted by Crippen LogP contribution is -2.32. The Morgan fingerprint density at radius 2 is 1.76 bits per heavy atom. The van der Waals surface area contributed by atoms with Crippen molar-refractivity contribution in [3.63, 3.8) is 0 Å². The zero-order valence-corrected chi connectivity index (χ0v) is 18.9. The lowest BCUT2D eigenvalue weighted by molar-refractivity contribution is -0.141. The normalized spacial score (nSPS) is 14.9. The minimum Gasteiger partial charge on any atom is -0.348 e. The van der Waals surface area contributed by atoms with Gasteiger partial charge in [-0.1, -0.05) is 31.0 Å². The van der Waals surface area contributed by atoms with Crippen molar-refractivity contribution in [1.82, 2.24) is 19.8 Å². The van der Waals surface area contributed by atoms with Crippen molar-refractivity contribution in [3.05, 3.63) is 77.6 Å². The Morgan fingerprint density at radius 3 is 2.41 bits per heavy atom. The second kappa shape index (κ2) is 9.59. The lowest BCUT2D eigenvalue weighted by atomic mass is 10.2. The maximum atomic E-state index is 12.7. The molecule has 2 aromatic carbocycles. The van der Waals surface area contributed by atoms with Gasteiger partial charge in [0.05, 0.1) is 10.6 Å². The maximum Gasteiger partial charge on any atom is 0.435 e. The number of hydrogen-bond acceptors (Lipinski definition) is 4. The summed E-state index contributed by atoms with van der Waals surface area (Å²) in [6.07, 6.45) is 0.311. The van der Waals surface area contributed by atoms with Crippen LogP contribution in [0.15, 0.2) is 65.7 Å². The third-order valence-electron chi connectivity index (χ3n) is 5.62. The van der Waals surface area contributed by atoms with Crippen molar-refractivity contribution in [2.45, 2.75) is 49.3 Å². The Bertz CT molecular complexity index is 1270. The molecule has 2 N–H and O–H groups in total. The molecule has 1 amide bonds. The number of nitrogens with one attached hydrogen (secondary N) is 2. The first-order valence-corrected chi connectivity index (χ1v) is 12.2. The standard InChI is InChI=1S/C23H23F3N4O3S/c24-23(25,26)21-12-13-30(28-21)19-10-8-16(9-11-19)15-27-22(31)17-4-3-7-20(14-17)34(32,33)29-18-5-1-2-6-18/h3-4,7-14,18,29H,1-2,5-6,15H2,(H,27,31). The molecular weight excluding hydrogens is 469 g/mol. The van der Waals surface area contributed by atoms with E-state index in [4.69, 9.17) is 0 Å². The van der Waals surface area contributed by atoms with Crippen molar-refractivity contribution >= 4 is 15.9 Å². The number of sulfonamides is 1. The van der Waals surface area contributed by atoms with Crippen molar-refractivity contribution in [2.75, 3.05) is 0 Å². The number of hydrogen-bond donors (Lipinski definition) is 2. The summed E-state index contributed by atoms with van der Waals surface area (Å²) in [6.45, 7) is 0.156. The van der Waals surface area contributed by atoms with Crippen LogP contribution < -0.4 is 10.0 Å². The number of carbonyl (C=O) groups excluding carboxylic acids is 1. The Kier molecular flexibility index (Phi) is 6.76. The highest BCUT2D eigenvalue weighted by Crippen LogP contribution is 2.28. The molecule has 3 aromatic rings. The van der Waals surface area contributed by atoms with Crippen molar-refractivity contribution in [2.24, 2.45) is 0 Å². The molecule has 1 heterocycles. The monoisotopic (exact) mass is 492 g/mol. The number of benzene rings is 2. The fraction of sp³-hybridized carbons (Fsp3) is 0.304. The summed E-state index contributed by atoms with van der Waals surface area (Å²) in [4.78, 5) is 12.6. The minimum atomic E-state index is -4.52. The largest absolute Gasteiger partial charge is 0.435 e. The number of nitrogens with zero attached hydrogens (tertiary/aromatic N) is 2. The average Bonchev–Trinajstić information content (AvgIpc) is 3.50. The van der Waals surface area contributed by atoms with Crippen LogP contribution in [0.5, 0.6) is 0 Å². The molecule has 0 radical (unpaired) electrons. The zero-order valence-electron chi connectivity index (χ0n) is 18.0. The van der Waals surface area contributed by atoms with Crippen LogP contribution in [0.25, 0.3) is 5.69 Å². The van der Waals surface area contributed by atoms with E-state index in [0.29, 0.717) is 11.3 Å². The van der Waals surface area contributed by atoms with E-state index < -0.39 is 27.8 Å². The molecule has 1 saturated carbocycles. The summed E-state index contributed by atoms with van der Waals surface area (Å²) in [5, 5.41) is 6.25. The molecule has 0 spiro atoms. The third-order valence-corrected chi connectivity index (χ3v) is 7.14. The van der Waals surface area contributed by atoms with Gasteiger partial charge >= 0.3 is 6.18 Å². The molecule has 1 aliphatic carbocycles. The smallest absolute Gasteiger partial charge is 0.348 e. The molecule has 7 nitrogen and oxygen atoms in total. The van der Waals surface area contributed by atoms with Gasteiger partial charge in [-0.05, 0) is 54.8 Å². The highest BCUT2D eigenvalue weighted by Gasteiger charge is 2.33. The van der Waals surface area contributed by atoms with Gasteiger partial charge in [-0.3, -0.25) is 4.79 Å². The highest BCUT2D eigenvalue weighted by atomic mass is 32.2. The van der Waals surface area contributed by atoms with Gasteiger partial charge in [-0.25, -0.2) is 17.8 Å². The van der Waals surface area contributed by atoms with Crippen LogP contribution in [-0.2, 0) is 22.7 Å². The summed E-state index contributed by atoms with van der Waals surface area (Å²) >= 11 is 0. The topological polar surface area (TPSA) is 93.1 Å². The highest BCUT2D eigenvalue weighted by molar-refractivity contribution is 7.89. The van der Waals surface area contributed by atoms with Crippen LogP contribution in [0.2, 0.25) is 0 Å². The van der Waals surface area contributed by atoms with E-state index in [1.54, 1.807) is 24.3 Å². The van der Waals surface area contributed by atoms with Gasteiger partial charge in [0.25, 0.3) is 5.91 Å². The van der Waals surface area contributed by atoms with Crippen LogP contribution in [0.4, 0.5) is 13.2 Å². The molecule has 4 rings (SSSR count). The van der Waals surface area contributed by atoms with E-state index in [-0.39, 0.29) is 23.0 Å². The summed E-state index contributed by atoms with van der Waals surface area (Å²) in [5.74, 6) is -0.441. The molecule has 1 fully saturated rings. The zero-order chi connectivity index (χ0) is 24.3. The predicted molar refractivity (Wildman–Crippen MR) is 119 cm³/mol. The van der Waals surface area contributed by atoms with Crippen LogP contribution in [-0.4, -0.2) is 30.1 Å². The predicted octanol–water partition coefficient (Wildman–Crippen LogP) is 4.04. The fourth-order valence-electron chi connectivity index (χ4n) is 3.81. The van der Waals surface area contributed by atoms with Gasteiger partial charge in [0.1, 0.15) is 0 Å². The fourth-order valence-corrected chi connectivity index (χ4v) is 5.16. The van der Waals surface area contributed by atoms with Gasteiger partial charge < -0.3 is 5.32 Å². The van der Waals surface area contributed by atoms with E-state index in [1.807, 2.05) is 0 Å². The molecule has 1 aromatic heterocycles. The molecular formula is C23H23F3N4O3S. The van der Waals surface area contributed by atoms with Crippen LogP contribution >= 0.6 is 0 Å². The van der Waals surface area contributed by atoms with Crippen LogP contribution in [0.3, 0.4) is 0 Å². The van der Waals surface area contributed by atoms with Crippen LogP contribution in [0.1, 0.15) is 47.3 Å². The van der Waals surface area contributed by atoms with Gasteiger partial charge in [0, 0.05) is 24.3 Å². The Balaban J connectivity index is 1.38. The first kappa shape index (κ1) is 24.0. The van der Waals surface area contributed by atoms with E-state index >= 15 is 0 Å². The molecule has 34 heavy (non-hydrogen) atoms. The third kappa shape index (κ3) is 5.65. The Morgan fingerprint density at radius 1 is 1.06 bits per heavy atom. The first-order valence-electron chi connectivity index (χ1n) is 10.7. The number of amides is 1. The molecule has 1 aliphatic rings. The maximum absolute atomic E-state index is 12.7. The average molecular weight is 493 g/mol. The first-order chi connectivity index (χ1) is 16.1. The quantitative estimate of drug-likeness (QED) is 0.521. The molecule has 180 valence electrons.